The first-order chi connectivity index (χ1) is 26.0. The van der Waals surface area contributed by atoms with E-state index in [-0.39, 0.29) is 5.41 Å². The van der Waals surface area contributed by atoms with Crippen LogP contribution in [0.1, 0.15) is 25.0 Å². The number of furan rings is 1. The van der Waals surface area contributed by atoms with Gasteiger partial charge in [0.15, 0.2) is 0 Å². The van der Waals surface area contributed by atoms with Crippen molar-refractivity contribution < 1.29 is 4.42 Å². The zero-order valence-corrected chi connectivity index (χ0v) is 29.6. The highest BCUT2D eigenvalue weighted by atomic mass is 16.3. The van der Waals surface area contributed by atoms with E-state index in [2.05, 4.69) is 189 Å². The Bertz CT molecular complexity index is 3110. The third kappa shape index (κ3) is 4.45. The van der Waals surface area contributed by atoms with Crippen molar-refractivity contribution in [1.29, 1.82) is 0 Å². The van der Waals surface area contributed by atoms with E-state index in [0.29, 0.717) is 0 Å². The van der Waals surface area contributed by atoms with Crippen LogP contribution < -0.4 is 4.90 Å². The zero-order valence-electron chi connectivity index (χ0n) is 29.6. The standard InChI is InChI=1S/C51H35NO/c1-51(2)43-30-36-16-6-5-15-35(36)29-42(43)40-26-25-38(31-44(40)51)52(45-19-11-21-48-50(45)41-18-9-10-20-47(41)53-48)46-27-24-33-13-7-8-17-39(33)49(46)37-23-22-32-12-3-4-14-34(32)28-37/h3-31H,1-2H3. The molecule has 1 aliphatic rings. The molecule has 9 aromatic carbocycles. The lowest BCUT2D eigenvalue weighted by Gasteiger charge is -2.31. The number of rotatable bonds is 4. The highest BCUT2D eigenvalue weighted by Crippen LogP contribution is 2.53. The maximum atomic E-state index is 6.51. The van der Waals surface area contributed by atoms with Crippen molar-refractivity contribution >= 4 is 71.3 Å². The summed E-state index contributed by atoms with van der Waals surface area (Å²) in [4.78, 5) is 2.48. The van der Waals surface area contributed by atoms with Crippen molar-refractivity contribution in [3.63, 3.8) is 0 Å². The third-order valence-electron chi connectivity index (χ3n) is 11.6. The van der Waals surface area contributed by atoms with Crippen molar-refractivity contribution in [2.75, 3.05) is 4.90 Å². The molecule has 250 valence electrons. The highest BCUT2D eigenvalue weighted by molar-refractivity contribution is 6.15. The fourth-order valence-electron chi connectivity index (χ4n) is 8.99. The van der Waals surface area contributed by atoms with Crippen LogP contribution in [0.4, 0.5) is 17.1 Å². The van der Waals surface area contributed by atoms with Gasteiger partial charge in [-0.3, -0.25) is 0 Å². The predicted molar refractivity (Wildman–Crippen MR) is 224 cm³/mol. The molecule has 1 aliphatic carbocycles. The van der Waals surface area contributed by atoms with Crippen molar-refractivity contribution in [2.24, 2.45) is 0 Å². The first-order valence-corrected chi connectivity index (χ1v) is 18.4. The fraction of sp³-hybridized carbons (Fsp3) is 0.0588. The van der Waals surface area contributed by atoms with Gasteiger partial charge < -0.3 is 9.32 Å². The molecule has 0 fully saturated rings. The SMILES string of the molecule is CC1(C)c2cc(N(c3ccc4ccccc4c3-c3ccc4ccccc4c3)c3cccc4oc5ccccc5c34)ccc2-c2cc3ccccc3cc21. The molecular formula is C51H35NO. The van der Waals surface area contributed by atoms with Crippen molar-refractivity contribution in [3.05, 3.63) is 187 Å². The number of hydrogen-bond acceptors (Lipinski definition) is 2. The van der Waals surface area contributed by atoms with E-state index < -0.39 is 0 Å². The molecule has 0 bridgehead atoms. The minimum atomic E-state index is -0.185. The molecule has 0 radical (unpaired) electrons. The largest absolute Gasteiger partial charge is 0.456 e. The van der Waals surface area contributed by atoms with Crippen LogP contribution in [-0.2, 0) is 5.41 Å². The van der Waals surface area contributed by atoms with Crippen LogP contribution in [-0.4, -0.2) is 0 Å². The van der Waals surface area contributed by atoms with Crippen LogP contribution in [0, 0.1) is 0 Å². The number of anilines is 3. The van der Waals surface area contributed by atoms with Gasteiger partial charge in [-0.2, -0.15) is 0 Å². The van der Waals surface area contributed by atoms with Crippen molar-refractivity contribution in [1.82, 2.24) is 0 Å². The van der Waals surface area contributed by atoms with Crippen molar-refractivity contribution in [2.45, 2.75) is 19.3 Å². The third-order valence-corrected chi connectivity index (χ3v) is 11.6. The monoisotopic (exact) mass is 677 g/mol. The minimum absolute atomic E-state index is 0.185. The molecule has 0 N–H and O–H groups in total. The number of nitrogens with zero attached hydrogens (tertiary/aromatic N) is 1. The van der Waals surface area contributed by atoms with Crippen LogP contribution in [0.25, 0.3) is 76.5 Å². The normalized spacial score (nSPS) is 13.2. The van der Waals surface area contributed by atoms with Gasteiger partial charge in [-0.1, -0.05) is 135 Å². The van der Waals surface area contributed by atoms with Crippen LogP contribution in [0.5, 0.6) is 0 Å². The summed E-state index contributed by atoms with van der Waals surface area (Å²) in [5.41, 5.74) is 12.6. The second-order valence-electron chi connectivity index (χ2n) is 14.9. The number of hydrogen-bond donors (Lipinski definition) is 0. The molecule has 0 aliphatic heterocycles. The molecule has 0 atom stereocenters. The Morgan fingerprint density at radius 1 is 0.434 bits per heavy atom. The average molecular weight is 678 g/mol. The molecule has 53 heavy (non-hydrogen) atoms. The Kier molecular flexibility index (Phi) is 6.33. The molecule has 0 amide bonds. The molecule has 2 heteroatoms. The summed E-state index contributed by atoms with van der Waals surface area (Å²) in [5, 5.41) is 9.66. The second-order valence-corrected chi connectivity index (χ2v) is 14.9. The molecule has 1 aromatic heterocycles. The van der Waals surface area contributed by atoms with Gasteiger partial charge in [0.05, 0.1) is 16.8 Å². The number of fused-ring (bicyclic) bond motifs is 9. The van der Waals surface area contributed by atoms with E-state index in [9.17, 15) is 0 Å². The Morgan fingerprint density at radius 2 is 1.08 bits per heavy atom. The Balaban J connectivity index is 1.23. The maximum absolute atomic E-state index is 6.51. The number of benzene rings is 9. The molecule has 0 saturated carbocycles. The zero-order chi connectivity index (χ0) is 35.3. The predicted octanol–water partition coefficient (Wildman–Crippen LogP) is 14.5. The average Bonchev–Trinajstić information content (AvgIpc) is 3.69. The van der Waals surface area contributed by atoms with E-state index in [4.69, 9.17) is 4.42 Å². The Morgan fingerprint density at radius 3 is 1.91 bits per heavy atom. The minimum Gasteiger partial charge on any atom is -0.456 e. The molecule has 1 heterocycles. The Hall–Kier alpha value is -6.64. The highest BCUT2D eigenvalue weighted by Gasteiger charge is 2.37. The quantitative estimate of drug-likeness (QED) is 0.184. The summed E-state index contributed by atoms with van der Waals surface area (Å²) >= 11 is 0. The summed E-state index contributed by atoms with van der Waals surface area (Å²) < 4.78 is 6.51. The summed E-state index contributed by atoms with van der Waals surface area (Å²) in [6.07, 6.45) is 0. The van der Waals surface area contributed by atoms with Gasteiger partial charge in [-0.15, -0.1) is 0 Å². The lowest BCUT2D eigenvalue weighted by Crippen LogP contribution is -2.17. The van der Waals surface area contributed by atoms with E-state index >= 15 is 0 Å². The maximum Gasteiger partial charge on any atom is 0.137 e. The van der Waals surface area contributed by atoms with Gasteiger partial charge in [0.2, 0.25) is 0 Å². The second kappa shape index (κ2) is 11.2. The van der Waals surface area contributed by atoms with E-state index in [1.165, 1.54) is 65.7 Å². The molecule has 2 nitrogen and oxygen atoms in total. The molecule has 11 rings (SSSR count). The van der Waals surface area contributed by atoms with Crippen molar-refractivity contribution in [3.8, 4) is 22.3 Å². The number of para-hydroxylation sites is 1. The van der Waals surface area contributed by atoms with Crippen LogP contribution >= 0.6 is 0 Å². The first-order valence-electron chi connectivity index (χ1n) is 18.4. The van der Waals surface area contributed by atoms with E-state index in [0.717, 1.165) is 39.0 Å². The molecule has 0 spiro atoms. The van der Waals surface area contributed by atoms with Crippen LogP contribution in [0.15, 0.2) is 180 Å². The van der Waals surface area contributed by atoms with Crippen LogP contribution in [0.3, 0.4) is 0 Å². The van der Waals surface area contributed by atoms with Crippen LogP contribution in [0.2, 0.25) is 0 Å². The van der Waals surface area contributed by atoms with Gasteiger partial charge in [0.1, 0.15) is 11.2 Å². The van der Waals surface area contributed by atoms with Gasteiger partial charge in [0.25, 0.3) is 0 Å². The Labute approximate surface area is 308 Å². The van der Waals surface area contributed by atoms with E-state index in [1.54, 1.807) is 0 Å². The summed E-state index contributed by atoms with van der Waals surface area (Å²) in [5.74, 6) is 0. The topological polar surface area (TPSA) is 16.4 Å². The summed E-state index contributed by atoms with van der Waals surface area (Å²) in [7, 11) is 0. The lowest BCUT2D eigenvalue weighted by atomic mass is 9.81. The lowest BCUT2D eigenvalue weighted by molar-refractivity contribution is 0.661. The van der Waals surface area contributed by atoms with Gasteiger partial charge in [-0.25, -0.2) is 0 Å². The summed E-state index contributed by atoms with van der Waals surface area (Å²) in [6, 6.07) is 64.4. The fourth-order valence-corrected chi connectivity index (χ4v) is 8.99. The van der Waals surface area contributed by atoms with Gasteiger partial charge >= 0.3 is 0 Å². The summed E-state index contributed by atoms with van der Waals surface area (Å²) in [6.45, 7) is 4.75. The molecule has 0 unspecified atom stereocenters. The smallest absolute Gasteiger partial charge is 0.137 e. The van der Waals surface area contributed by atoms with E-state index in [1.807, 2.05) is 6.07 Å². The van der Waals surface area contributed by atoms with Gasteiger partial charge in [0, 0.05) is 22.1 Å². The molecule has 10 aromatic rings. The first kappa shape index (κ1) is 30.0. The molecular weight excluding hydrogens is 643 g/mol. The van der Waals surface area contributed by atoms with Gasteiger partial charge in [-0.05, 0) is 115 Å². The molecule has 0 saturated heterocycles.